The Morgan fingerprint density at radius 1 is 0.750 bits per heavy atom. The first-order valence-corrected chi connectivity index (χ1v) is 14.5. The normalized spacial score (nSPS) is 25.2. The smallest absolute Gasteiger partial charge is 0.326 e. The molecule has 1 atom stereocenters. The van der Waals surface area contributed by atoms with E-state index in [-0.39, 0.29) is 17.7 Å². The van der Waals surface area contributed by atoms with Crippen molar-refractivity contribution in [2.75, 3.05) is 0 Å². The van der Waals surface area contributed by atoms with E-state index >= 15 is 0 Å². The van der Waals surface area contributed by atoms with Gasteiger partial charge < -0.3 is 19.9 Å². The van der Waals surface area contributed by atoms with Crippen molar-refractivity contribution in [1.29, 1.82) is 0 Å². The zero-order valence-electron chi connectivity index (χ0n) is 22.8. The molecule has 3 aromatic carbocycles. The molecule has 7 rings (SSSR count). The highest BCUT2D eigenvalue weighted by atomic mass is 16.5. The molecule has 0 aromatic heterocycles. The molecule has 208 valence electrons. The van der Waals surface area contributed by atoms with Gasteiger partial charge in [-0.15, -0.1) is 0 Å². The van der Waals surface area contributed by atoms with Crippen molar-refractivity contribution in [2.24, 2.45) is 23.2 Å². The Hall–Kier alpha value is -3.80. The Balaban J connectivity index is 1.18. The highest BCUT2D eigenvalue weighted by molar-refractivity contribution is 5.88. The standard InChI is InChI=1S/C34H37NO5/c36-32(37)29(35-33(38)34-18-26-13-27(19-34)15-28(14-26)20-34)16-25-11-12-30(39-21-23-7-3-1-4-8-23)31(17-25)40-22-24-9-5-2-6-10-24/h1-12,17,26-29H,13-16,18-22H2,(H,35,38)(H,36,37)/t26?,27?,28?,29-,34?/m0/s1. The summed E-state index contributed by atoms with van der Waals surface area (Å²) >= 11 is 0. The van der Waals surface area contributed by atoms with Crippen molar-refractivity contribution in [1.82, 2.24) is 5.32 Å². The van der Waals surface area contributed by atoms with Gasteiger partial charge in [0.25, 0.3) is 0 Å². The van der Waals surface area contributed by atoms with Gasteiger partial charge in [0.05, 0.1) is 0 Å². The first-order chi connectivity index (χ1) is 19.5. The molecule has 6 heteroatoms. The fraction of sp³-hybridized carbons (Fsp3) is 0.412. The van der Waals surface area contributed by atoms with E-state index in [4.69, 9.17) is 9.47 Å². The summed E-state index contributed by atoms with van der Waals surface area (Å²) in [5.41, 5.74) is 2.45. The van der Waals surface area contributed by atoms with Gasteiger partial charge in [-0.2, -0.15) is 0 Å². The minimum absolute atomic E-state index is 0.0673. The number of hydrogen-bond acceptors (Lipinski definition) is 4. The van der Waals surface area contributed by atoms with Crippen LogP contribution in [0.15, 0.2) is 78.9 Å². The lowest BCUT2D eigenvalue weighted by molar-refractivity contribution is -0.151. The second-order valence-corrected chi connectivity index (χ2v) is 12.1. The van der Waals surface area contributed by atoms with Gasteiger partial charge in [-0.05, 0) is 85.1 Å². The van der Waals surface area contributed by atoms with Gasteiger partial charge in [0, 0.05) is 11.8 Å². The van der Waals surface area contributed by atoms with Crippen LogP contribution in [-0.4, -0.2) is 23.0 Å². The van der Waals surface area contributed by atoms with Crippen molar-refractivity contribution in [2.45, 2.75) is 64.2 Å². The molecule has 0 radical (unpaired) electrons. The predicted molar refractivity (Wildman–Crippen MR) is 152 cm³/mol. The zero-order valence-corrected chi connectivity index (χ0v) is 22.8. The molecule has 40 heavy (non-hydrogen) atoms. The predicted octanol–water partition coefficient (Wildman–Crippen LogP) is 6.17. The molecule has 4 aliphatic carbocycles. The molecule has 1 amide bonds. The first kappa shape index (κ1) is 26.4. The minimum atomic E-state index is -1.02. The summed E-state index contributed by atoms with van der Waals surface area (Å²) in [4.78, 5) is 25.9. The summed E-state index contributed by atoms with van der Waals surface area (Å²) in [6.45, 7) is 0.748. The van der Waals surface area contributed by atoms with Crippen LogP contribution in [0.25, 0.3) is 0 Å². The van der Waals surface area contributed by atoms with Crippen LogP contribution < -0.4 is 14.8 Å². The number of carboxylic acid groups (broad SMARTS) is 1. The molecule has 6 nitrogen and oxygen atoms in total. The maximum Gasteiger partial charge on any atom is 0.326 e. The average Bonchev–Trinajstić information content (AvgIpc) is 2.95. The van der Waals surface area contributed by atoms with Crippen LogP contribution in [0.2, 0.25) is 0 Å². The van der Waals surface area contributed by atoms with Crippen molar-refractivity contribution >= 4 is 11.9 Å². The van der Waals surface area contributed by atoms with Gasteiger partial charge in [-0.25, -0.2) is 4.79 Å². The summed E-state index contributed by atoms with van der Waals surface area (Å²) in [7, 11) is 0. The fourth-order valence-corrected chi connectivity index (χ4v) is 7.52. The summed E-state index contributed by atoms with van der Waals surface area (Å²) in [6, 6.07) is 24.3. The van der Waals surface area contributed by atoms with E-state index in [2.05, 4.69) is 5.32 Å². The molecule has 0 aliphatic heterocycles. The SMILES string of the molecule is O=C(O)[C@H](Cc1ccc(OCc2ccccc2)c(OCc2ccccc2)c1)NC(=O)C12CC3CC(CC(C3)C1)C2. The summed E-state index contributed by atoms with van der Waals surface area (Å²) < 4.78 is 12.3. The third-order valence-corrected chi connectivity index (χ3v) is 9.05. The van der Waals surface area contributed by atoms with E-state index in [0.29, 0.717) is 42.5 Å². The van der Waals surface area contributed by atoms with Crippen LogP contribution in [0, 0.1) is 23.2 Å². The van der Waals surface area contributed by atoms with Crippen molar-refractivity contribution in [3.05, 3.63) is 95.6 Å². The summed E-state index contributed by atoms with van der Waals surface area (Å²) in [5, 5.41) is 13.0. The van der Waals surface area contributed by atoms with Gasteiger partial charge in [0.15, 0.2) is 11.5 Å². The quantitative estimate of drug-likeness (QED) is 0.304. The van der Waals surface area contributed by atoms with Gasteiger partial charge in [0.2, 0.25) is 5.91 Å². The number of nitrogens with one attached hydrogen (secondary N) is 1. The molecule has 4 bridgehead atoms. The first-order valence-electron chi connectivity index (χ1n) is 14.5. The number of benzene rings is 3. The fourth-order valence-electron chi connectivity index (χ4n) is 7.52. The molecule has 3 aromatic rings. The topological polar surface area (TPSA) is 84.9 Å². The van der Waals surface area contributed by atoms with E-state index in [1.54, 1.807) is 0 Å². The Kier molecular flexibility index (Phi) is 7.50. The molecule has 0 unspecified atom stereocenters. The maximum absolute atomic E-state index is 13.6. The molecule has 4 fully saturated rings. The van der Waals surface area contributed by atoms with Gasteiger partial charge in [-0.3, -0.25) is 4.79 Å². The Bertz CT molecular complexity index is 1300. The Morgan fingerprint density at radius 3 is 1.80 bits per heavy atom. The van der Waals surface area contributed by atoms with E-state index in [1.807, 2.05) is 78.9 Å². The number of carbonyl (C=O) groups excluding carboxylic acids is 1. The van der Waals surface area contributed by atoms with E-state index in [1.165, 1.54) is 19.3 Å². The van der Waals surface area contributed by atoms with Crippen LogP contribution in [0.5, 0.6) is 11.5 Å². The summed E-state index contributed by atoms with van der Waals surface area (Å²) in [5.74, 6) is 1.91. The second-order valence-electron chi connectivity index (χ2n) is 12.1. The molecular weight excluding hydrogens is 502 g/mol. The van der Waals surface area contributed by atoms with Gasteiger partial charge >= 0.3 is 5.97 Å². The number of hydrogen-bond donors (Lipinski definition) is 2. The number of rotatable bonds is 11. The largest absolute Gasteiger partial charge is 0.485 e. The van der Waals surface area contributed by atoms with Crippen LogP contribution in [-0.2, 0) is 29.2 Å². The van der Waals surface area contributed by atoms with Crippen molar-refractivity contribution in [3.63, 3.8) is 0 Å². The number of aliphatic carboxylic acids is 1. The van der Waals surface area contributed by atoms with Crippen LogP contribution in [0.4, 0.5) is 0 Å². The molecular formula is C34H37NO5. The van der Waals surface area contributed by atoms with Gasteiger partial charge in [-0.1, -0.05) is 66.7 Å². The molecule has 4 saturated carbocycles. The molecule has 0 heterocycles. The van der Waals surface area contributed by atoms with E-state index in [0.717, 1.165) is 36.0 Å². The van der Waals surface area contributed by atoms with Crippen LogP contribution in [0.1, 0.15) is 55.2 Å². The average molecular weight is 540 g/mol. The van der Waals surface area contributed by atoms with E-state index in [9.17, 15) is 14.7 Å². The maximum atomic E-state index is 13.6. The number of carbonyl (C=O) groups is 2. The lowest BCUT2D eigenvalue weighted by Gasteiger charge is -2.55. The van der Waals surface area contributed by atoms with Crippen molar-refractivity contribution in [3.8, 4) is 11.5 Å². The lowest BCUT2D eigenvalue weighted by atomic mass is 9.49. The lowest BCUT2D eigenvalue weighted by Crippen LogP contribution is -2.56. The molecule has 2 N–H and O–H groups in total. The van der Waals surface area contributed by atoms with Gasteiger partial charge in [0.1, 0.15) is 19.3 Å². The van der Waals surface area contributed by atoms with E-state index < -0.39 is 12.0 Å². The molecule has 4 aliphatic rings. The Morgan fingerprint density at radius 2 is 1.27 bits per heavy atom. The highest BCUT2D eigenvalue weighted by Gasteiger charge is 2.55. The van der Waals surface area contributed by atoms with Crippen molar-refractivity contribution < 1.29 is 24.2 Å². The highest BCUT2D eigenvalue weighted by Crippen LogP contribution is 2.60. The second kappa shape index (κ2) is 11.4. The third-order valence-electron chi connectivity index (χ3n) is 9.05. The zero-order chi connectivity index (χ0) is 27.5. The monoisotopic (exact) mass is 539 g/mol. The van der Waals surface area contributed by atoms with Crippen LogP contribution >= 0.6 is 0 Å². The number of carboxylic acids is 1. The summed E-state index contributed by atoms with van der Waals surface area (Å²) in [6.07, 6.45) is 6.60. The number of ether oxygens (including phenoxy) is 2. The Labute approximate surface area is 235 Å². The van der Waals surface area contributed by atoms with Crippen LogP contribution in [0.3, 0.4) is 0 Å². The third kappa shape index (κ3) is 5.86. The molecule has 0 saturated heterocycles. The number of amides is 1. The molecule has 0 spiro atoms. The minimum Gasteiger partial charge on any atom is -0.485 e.